The minimum absolute atomic E-state index is 0.270. The lowest BCUT2D eigenvalue weighted by molar-refractivity contribution is 0.329. The minimum atomic E-state index is -3.51. The number of nitrogens with one attached hydrogen (secondary N) is 2. The Balaban J connectivity index is 1.73. The van der Waals surface area contributed by atoms with Gasteiger partial charge in [-0.1, -0.05) is 0 Å². The molecule has 0 bridgehead atoms. The molecule has 114 valence electrons. The predicted molar refractivity (Wildman–Crippen MR) is 83.6 cm³/mol. The maximum absolute atomic E-state index is 12.4. The van der Waals surface area contributed by atoms with Gasteiger partial charge in [0.1, 0.15) is 4.90 Å². The quantitative estimate of drug-likeness (QED) is 0.698. The summed E-state index contributed by atoms with van der Waals surface area (Å²) in [5, 5.41) is 0.659. The molecule has 0 radical (unpaired) electrons. The maximum Gasteiger partial charge on any atom is 0.242 e. The van der Waals surface area contributed by atoms with Crippen molar-refractivity contribution < 1.29 is 8.42 Å². The van der Waals surface area contributed by atoms with Crippen molar-refractivity contribution in [3.05, 3.63) is 24.4 Å². The Morgan fingerprint density at radius 1 is 1.43 bits per heavy atom. The van der Waals surface area contributed by atoms with Crippen molar-refractivity contribution in [2.24, 2.45) is 0 Å². The van der Waals surface area contributed by atoms with Crippen molar-refractivity contribution in [1.29, 1.82) is 0 Å². The minimum Gasteiger partial charge on any atom is -0.399 e. The number of sulfonamides is 1. The third kappa shape index (κ3) is 3.04. The number of nitrogen functional groups attached to an aromatic ring is 1. The molecular formula is C14H20N4O2S. The van der Waals surface area contributed by atoms with E-state index in [2.05, 4.69) is 14.6 Å². The van der Waals surface area contributed by atoms with Crippen LogP contribution in [-0.2, 0) is 10.0 Å². The Kier molecular flexibility index (Phi) is 3.64. The number of likely N-dealkylation sites (N-methyl/N-ethyl adjacent to an activating group) is 1. The molecule has 1 aromatic carbocycles. The van der Waals surface area contributed by atoms with Crippen LogP contribution in [0.4, 0.5) is 5.69 Å². The predicted octanol–water partition coefficient (Wildman–Crippen LogP) is 1.12. The van der Waals surface area contributed by atoms with Crippen molar-refractivity contribution >= 4 is 26.6 Å². The highest BCUT2D eigenvalue weighted by molar-refractivity contribution is 7.89. The summed E-state index contributed by atoms with van der Waals surface area (Å²) in [4.78, 5) is 5.42. The normalized spacial score (nSPS) is 15.9. The molecule has 1 aliphatic carbocycles. The first kappa shape index (κ1) is 14.4. The Morgan fingerprint density at radius 3 is 2.90 bits per heavy atom. The molecule has 6 nitrogen and oxygen atoms in total. The number of H-pyrrole nitrogens is 1. The first-order valence-corrected chi connectivity index (χ1v) is 8.52. The number of rotatable bonds is 6. The van der Waals surface area contributed by atoms with Gasteiger partial charge in [0.2, 0.25) is 10.0 Å². The number of aromatic nitrogens is 1. The van der Waals surface area contributed by atoms with Crippen LogP contribution < -0.4 is 10.5 Å². The third-order valence-electron chi connectivity index (χ3n) is 3.88. The van der Waals surface area contributed by atoms with Crippen LogP contribution in [0.3, 0.4) is 0 Å². The van der Waals surface area contributed by atoms with Crippen LogP contribution in [0.25, 0.3) is 10.9 Å². The summed E-state index contributed by atoms with van der Waals surface area (Å²) < 4.78 is 27.4. The molecule has 0 atom stereocenters. The van der Waals surface area contributed by atoms with E-state index in [0.717, 1.165) is 12.1 Å². The van der Waals surface area contributed by atoms with E-state index in [9.17, 15) is 8.42 Å². The van der Waals surface area contributed by atoms with E-state index >= 15 is 0 Å². The van der Waals surface area contributed by atoms with Gasteiger partial charge in [-0.05, 0) is 38.1 Å². The molecule has 1 saturated carbocycles. The van der Waals surface area contributed by atoms with Gasteiger partial charge >= 0.3 is 0 Å². The van der Waals surface area contributed by atoms with Gasteiger partial charge in [0.25, 0.3) is 0 Å². The van der Waals surface area contributed by atoms with Gasteiger partial charge in [0, 0.05) is 41.9 Å². The zero-order valence-electron chi connectivity index (χ0n) is 12.0. The third-order valence-corrected chi connectivity index (χ3v) is 5.39. The second-order valence-corrected chi connectivity index (χ2v) is 7.30. The van der Waals surface area contributed by atoms with E-state index in [1.54, 1.807) is 18.2 Å². The highest BCUT2D eigenvalue weighted by atomic mass is 32.2. The van der Waals surface area contributed by atoms with Crippen LogP contribution in [0.1, 0.15) is 12.8 Å². The van der Waals surface area contributed by atoms with Gasteiger partial charge in [-0.15, -0.1) is 0 Å². The highest BCUT2D eigenvalue weighted by Gasteiger charge is 2.26. The fourth-order valence-electron chi connectivity index (χ4n) is 2.47. The fourth-order valence-corrected chi connectivity index (χ4v) is 3.67. The van der Waals surface area contributed by atoms with Crippen molar-refractivity contribution in [3.8, 4) is 0 Å². The molecule has 1 aliphatic rings. The Morgan fingerprint density at radius 2 is 2.19 bits per heavy atom. The largest absolute Gasteiger partial charge is 0.399 e. The number of nitrogens with zero attached hydrogens (tertiary/aromatic N) is 1. The summed E-state index contributed by atoms with van der Waals surface area (Å²) in [6.07, 6.45) is 3.94. The van der Waals surface area contributed by atoms with Gasteiger partial charge < -0.3 is 15.6 Å². The van der Waals surface area contributed by atoms with E-state index in [1.165, 1.54) is 19.0 Å². The van der Waals surface area contributed by atoms with Crippen LogP contribution in [0.15, 0.2) is 29.3 Å². The Labute approximate surface area is 124 Å². The van der Waals surface area contributed by atoms with Gasteiger partial charge in [-0.2, -0.15) is 0 Å². The van der Waals surface area contributed by atoms with Crippen molar-refractivity contribution in [1.82, 2.24) is 14.6 Å². The van der Waals surface area contributed by atoms with Crippen molar-refractivity contribution in [2.75, 3.05) is 25.9 Å². The molecule has 4 N–H and O–H groups in total. The summed E-state index contributed by atoms with van der Waals surface area (Å²) in [6, 6.07) is 5.79. The number of aromatic amines is 1. The second kappa shape index (κ2) is 5.32. The lowest BCUT2D eigenvalue weighted by atomic mass is 10.2. The first-order chi connectivity index (χ1) is 9.97. The summed E-state index contributed by atoms with van der Waals surface area (Å²) >= 11 is 0. The van der Waals surface area contributed by atoms with E-state index in [-0.39, 0.29) is 4.90 Å². The molecule has 3 rings (SSSR count). The van der Waals surface area contributed by atoms with Gasteiger partial charge in [-0.25, -0.2) is 13.1 Å². The average molecular weight is 308 g/mol. The molecule has 1 fully saturated rings. The standard InChI is InChI=1S/C14H20N4O2S/c1-18(11-3-4-11)7-6-17-21(19,20)14-9-16-13-8-10(15)2-5-12(13)14/h2,5,8-9,11,16-17H,3-4,6-7,15H2,1H3. The molecule has 0 saturated heterocycles. The lowest BCUT2D eigenvalue weighted by Gasteiger charge is -2.15. The second-order valence-electron chi connectivity index (χ2n) is 5.57. The molecule has 1 aromatic heterocycles. The molecule has 2 aromatic rings. The molecule has 0 aliphatic heterocycles. The first-order valence-electron chi connectivity index (χ1n) is 7.04. The Bertz CT molecular complexity index is 749. The lowest BCUT2D eigenvalue weighted by Crippen LogP contribution is -2.33. The Hall–Kier alpha value is -1.57. The number of fused-ring (bicyclic) bond motifs is 1. The van der Waals surface area contributed by atoms with E-state index < -0.39 is 10.0 Å². The van der Waals surface area contributed by atoms with Crippen molar-refractivity contribution in [2.45, 2.75) is 23.8 Å². The van der Waals surface area contributed by atoms with Crippen LogP contribution in [-0.4, -0.2) is 44.5 Å². The molecule has 0 amide bonds. The number of benzene rings is 1. The molecule has 21 heavy (non-hydrogen) atoms. The van der Waals surface area contributed by atoms with E-state index in [1.807, 2.05) is 7.05 Å². The van der Waals surface area contributed by atoms with Crippen LogP contribution in [0.2, 0.25) is 0 Å². The topological polar surface area (TPSA) is 91.2 Å². The molecule has 0 spiro atoms. The van der Waals surface area contributed by atoms with E-state index in [4.69, 9.17) is 5.73 Å². The van der Waals surface area contributed by atoms with Crippen LogP contribution >= 0.6 is 0 Å². The SMILES string of the molecule is CN(CCNS(=O)(=O)c1c[nH]c2cc(N)ccc12)C1CC1. The maximum atomic E-state index is 12.4. The zero-order chi connectivity index (χ0) is 15.0. The van der Waals surface area contributed by atoms with E-state index in [0.29, 0.717) is 23.7 Å². The van der Waals surface area contributed by atoms with Gasteiger partial charge in [0.05, 0.1) is 0 Å². The molecule has 7 heteroatoms. The molecule has 0 unspecified atom stereocenters. The number of anilines is 1. The smallest absolute Gasteiger partial charge is 0.242 e. The number of nitrogens with two attached hydrogens (primary N) is 1. The molecular weight excluding hydrogens is 288 g/mol. The highest BCUT2D eigenvalue weighted by Crippen LogP contribution is 2.25. The van der Waals surface area contributed by atoms with Gasteiger partial charge in [-0.3, -0.25) is 0 Å². The fraction of sp³-hybridized carbons (Fsp3) is 0.429. The number of hydrogen-bond donors (Lipinski definition) is 3. The van der Waals surface area contributed by atoms with Crippen molar-refractivity contribution in [3.63, 3.8) is 0 Å². The van der Waals surface area contributed by atoms with Crippen LogP contribution in [0, 0.1) is 0 Å². The monoisotopic (exact) mass is 308 g/mol. The summed E-state index contributed by atoms with van der Waals surface area (Å²) in [5.41, 5.74) is 7.03. The van der Waals surface area contributed by atoms with Crippen LogP contribution in [0.5, 0.6) is 0 Å². The zero-order valence-corrected chi connectivity index (χ0v) is 12.8. The summed E-state index contributed by atoms with van der Waals surface area (Å²) in [5.74, 6) is 0. The molecule has 1 heterocycles. The average Bonchev–Trinajstić information content (AvgIpc) is 3.18. The summed E-state index contributed by atoms with van der Waals surface area (Å²) in [6.45, 7) is 1.14. The summed E-state index contributed by atoms with van der Waals surface area (Å²) in [7, 11) is -1.48. The van der Waals surface area contributed by atoms with Gasteiger partial charge in [0.15, 0.2) is 0 Å². The number of hydrogen-bond acceptors (Lipinski definition) is 4.